The molecular formula is C27H36O6. The van der Waals surface area contributed by atoms with Crippen molar-refractivity contribution >= 4 is 11.9 Å². The number of rotatable bonds is 13. The van der Waals surface area contributed by atoms with Crippen LogP contribution in [0.4, 0.5) is 0 Å². The highest BCUT2D eigenvalue weighted by atomic mass is 16.6. The van der Waals surface area contributed by atoms with E-state index >= 15 is 0 Å². The molecule has 0 saturated carbocycles. The Kier molecular flexibility index (Phi) is 10.7. The fourth-order valence-electron chi connectivity index (χ4n) is 2.76. The van der Waals surface area contributed by atoms with Gasteiger partial charge in [0.15, 0.2) is 0 Å². The minimum Gasteiger partial charge on any atom is -0.494 e. The van der Waals surface area contributed by atoms with Gasteiger partial charge in [-0.05, 0) is 80.1 Å². The molecule has 0 radical (unpaired) electrons. The highest BCUT2D eigenvalue weighted by molar-refractivity contribution is 5.90. The smallest absolute Gasteiger partial charge is 0.338 e. The maximum atomic E-state index is 12.3. The van der Waals surface area contributed by atoms with Crippen LogP contribution in [0, 0.1) is 11.8 Å². The fraction of sp³-hybridized carbons (Fsp3) is 0.481. The lowest BCUT2D eigenvalue weighted by atomic mass is 10.1. The van der Waals surface area contributed by atoms with Gasteiger partial charge >= 0.3 is 11.9 Å². The van der Waals surface area contributed by atoms with Crippen molar-refractivity contribution in [2.24, 2.45) is 11.8 Å². The van der Waals surface area contributed by atoms with E-state index in [1.54, 1.807) is 55.5 Å². The number of benzene rings is 2. The van der Waals surface area contributed by atoms with E-state index < -0.39 is 18.0 Å². The second-order valence-electron chi connectivity index (χ2n) is 8.93. The summed E-state index contributed by atoms with van der Waals surface area (Å²) in [6, 6.07) is 13.6. The number of carbonyl (C=O) groups is 2. The van der Waals surface area contributed by atoms with Crippen LogP contribution in [-0.2, 0) is 9.47 Å². The Morgan fingerprint density at radius 2 is 1.09 bits per heavy atom. The third-order valence-corrected chi connectivity index (χ3v) is 4.87. The Labute approximate surface area is 197 Å². The van der Waals surface area contributed by atoms with Gasteiger partial charge in [-0.25, -0.2) is 9.59 Å². The Morgan fingerprint density at radius 1 is 0.667 bits per heavy atom. The van der Waals surface area contributed by atoms with Crippen LogP contribution in [0.25, 0.3) is 0 Å². The molecule has 180 valence electrons. The van der Waals surface area contributed by atoms with Gasteiger partial charge < -0.3 is 18.9 Å². The lowest BCUT2D eigenvalue weighted by molar-refractivity contribution is 0.00447. The molecule has 0 bridgehead atoms. The molecule has 2 aromatic rings. The Morgan fingerprint density at radius 3 is 1.52 bits per heavy atom. The number of carbonyl (C=O) groups excluding carboxylic acids is 2. The second-order valence-corrected chi connectivity index (χ2v) is 8.93. The van der Waals surface area contributed by atoms with Gasteiger partial charge in [0.2, 0.25) is 0 Å². The molecule has 1 atom stereocenters. The Balaban J connectivity index is 1.74. The molecule has 6 heteroatoms. The third-order valence-electron chi connectivity index (χ3n) is 4.87. The maximum absolute atomic E-state index is 12.3. The average Bonchev–Trinajstić information content (AvgIpc) is 2.78. The van der Waals surface area contributed by atoms with Gasteiger partial charge in [0.1, 0.15) is 24.2 Å². The zero-order valence-electron chi connectivity index (χ0n) is 20.3. The SMILES string of the molecule is CC(C)CCOc1ccc(C(=O)OCC(C)OC(=O)c2ccc(OCCC(C)C)cc2)cc1. The topological polar surface area (TPSA) is 71.1 Å². The molecule has 0 spiro atoms. The molecule has 0 saturated heterocycles. The number of esters is 2. The van der Waals surface area contributed by atoms with Crippen molar-refractivity contribution in [2.45, 2.75) is 53.6 Å². The minimum absolute atomic E-state index is 0.0341. The first-order chi connectivity index (χ1) is 15.7. The maximum Gasteiger partial charge on any atom is 0.338 e. The van der Waals surface area contributed by atoms with Crippen molar-refractivity contribution in [3.8, 4) is 11.5 Å². The molecule has 0 aliphatic carbocycles. The number of ether oxygens (including phenoxy) is 4. The predicted molar refractivity (Wildman–Crippen MR) is 128 cm³/mol. The van der Waals surface area contributed by atoms with Crippen LogP contribution in [0.2, 0.25) is 0 Å². The van der Waals surface area contributed by atoms with Gasteiger partial charge in [-0.15, -0.1) is 0 Å². The van der Waals surface area contributed by atoms with Gasteiger partial charge in [0, 0.05) is 0 Å². The van der Waals surface area contributed by atoms with Gasteiger partial charge in [-0.2, -0.15) is 0 Å². The summed E-state index contributed by atoms with van der Waals surface area (Å²) in [6.45, 7) is 11.5. The van der Waals surface area contributed by atoms with E-state index in [0.717, 1.165) is 12.8 Å². The summed E-state index contributed by atoms with van der Waals surface area (Å²) in [5.41, 5.74) is 0.829. The molecule has 2 rings (SSSR count). The van der Waals surface area contributed by atoms with E-state index in [9.17, 15) is 9.59 Å². The lowest BCUT2D eigenvalue weighted by Gasteiger charge is -2.14. The van der Waals surface area contributed by atoms with Crippen LogP contribution < -0.4 is 9.47 Å². The molecule has 0 aromatic heterocycles. The molecule has 2 aromatic carbocycles. The van der Waals surface area contributed by atoms with Gasteiger partial charge in [0.05, 0.1) is 24.3 Å². The Hall–Kier alpha value is -3.02. The molecule has 6 nitrogen and oxygen atoms in total. The van der Waals surface area contributed by atoms with Crippen molar-refractivity contribution in [2.75, 3.05) is 19.8 Å². The quantitative estimate of drug-likeness (QED) is 0.348. The monoisotopic (exact) mass is 456 g/mol. The summed E-state index contributed by atoms with van der Waals surface area (Å²) in [7, 11) is 0. The standard InChI is InChI=1S/C27H36O6/c1-19(2)14-16-30-24-10-6-22(7-11-24)26(28)32-18-21(5)33-27(29)23-8-12-25(13-9-23)31-17-15-20(3)4/h6-13,19-21H,14-18H2,1-5H3. The molecule has 0 N–H and O–H groups in total. The van der Waals surface area contributed by atoms with Gasteiger partial charge in [-0.3, -0.25) is 0 Å². The Bertz CT molecular complexity index is 855. The number of hydrogen-bond acceptors (Lipinski definition) is 6. The zero-order chi connectivity index (χ0) is 24.2. The summed E-state index contributed by atoms with van der Waals surface area (Å²) in [4.78, 5) is 24.6. The molecule has 0 amide bonds. The van der Waals surface area contributed by atoms with E-state index in [1.807, 2.05) is 0 Å². The molecule has 0 aliphatic heterocycles. The van der Waals surface area contributed by atoms with E-state index in [4.69, 9.17) is 18.9 Å². The molecule has 0 aliphatic rings. The first kappa shape index (κ1) is 26.2. The molecule has 0 fully saturated rings. The fourth-order valence-corrected chi connectivity index (χ4v) is 2.76. The average molecular weight is 457 g/mol. The second kappa shape index (κ2) is 13.5. The lowest BCUT2D eigenvalue weighted by Crippen LogP contribution is -2.22. The van der Waals surface area contributed by atoms with Crippen molar-refractivity contribution in [1.29, 1.82) is 0 Å². The largest absolute Gasteiger partial charge is 0.494 e. The highest BCUT2D eigenvalue weighted by Crippen LogP contribution is 2.16. The van der Waals surface area contributed by atoms with Gasteiger partial charge in [-0.1, -0.05) is 27.7 Å². The zero-order valence-corrected chi connectivity index (χ0v) is 20.3. The minimum atomic E-state index is -0.581. The first-order valence-electron chi connectivity index (χ1n) is 11.6. The van der Waals surface area contributed by atoms with Gasteiger partial charge in [0.25, 0.3) is 0 Å². The molecule has 0 heterocycles. The molecule has 1 unspecified atom stereocenters. The van der Waals surface area contributed by atoms with Crippen LogP contribution in [0.5, 0.6) is 11.5 Å². The molecule has 33 heavy (non-hydrogen) atoms. The summed E-state index contributed by atoms with van der Waals surface area (Å²) in [6.07, 6.45) is 1.36. The van der Waals surface area contributed by atoms with Crippen LogP contribution in [-0.4, -0.2) is 37.9 Å². The summed E-state index contributed by atoms with van der Waals surface area (Å²) < 4.78 is 22.0. The van der Waals surface area contributed by atoms with Crippen LogP contribution in [0.15, 0.2) is 48.5 Å². The van der Waals surface area contributed by atoms with Crippen LogP contribution in [0.3, 0.4) is 0 Å². The van der Waals surface area contributed by atoms with Crippen molar-refractivity contribution in [1.82, 2.24) is 0 Å². The third kappa shape index (κ3) is 9.98. The van der Waals surface area contributed by atoms with Crippen molar-refractivity contribution < 1.29 is 28.5 Å². The first-order valence-corrected chi connectivity index (χ1v) is 11.6. The normalized spacial score (nSPS) is 11.8. The summed E-state index contributed by atoms with van der Waals surface area (Å²) in [5.74, 6) is 1.62. The highest BCUT2D eigenvalue weighted by Gasteiger charge is 2.15. The summed E-state index contributed by atoms with van der Waals surface area (Å²) >= 11 is 0. The van der Waals surface area contributed by atoms with E-state index in [1.165, 1.54) is 0 Å². The van der Waals surface area contributed by atoms with Crippen molar-refractivity contribution in [3.63, 3.8) is 0 Å². The summed E-state index contributed by atoms with van der Waals surface area (Å²) in [5, 5.41) is 0. The van der Waals surface area contributed by atoms with E-state index in [2.05, 4.69) is 27.7 Å². The molecular weight excluding hydrogens is 420 g/mol. The van der Waals surface area contributed by atoms with E-state index in [0.29, 0.717) is 47.7 Å². The predicted octanol–water partition coefficient (Wildman–Crippen LogP) is 5.94. The van der Waals surface area contributed by atoms with Crippen LogP contribution in [0.1, 0.15) is 68.2 Å². The van der Waals surface area contributed by atoms with Crippen LogP contribution >= 0.6 is 0 Å². The van der Waals surface area contributed by atoms with E-state index in [-0.39, 0.29) is 6.61 Å². The number of hydrogen-bond donors (Lipinski definition) is 0. The van der Waals surface area contributed by atoms with Crippen molar-refractivity contribution in [3.05, 3.63) is 59.7 Å².